The van der Waals surface area contributed by atoms with Crippen molar-refractivity contribution in [2.75, 3.05) is 0 Å². The van der Waals surface area contributed by atoms with Gasteiger partial charge < -0.3 is 0 Å². The second kappa shape index (κ2) is 10.8. The van der Waals surface area contributed by atoms with Gasteiger partial charge in [-0.15, -0.1) is 0 Å². The lowest BCUT2D eigenvalue weighted by Crippen LogP contribution is -1.96. The molecule has 0 nitrogen and oxygen atoms in total. The third kappa shape index (κ3) is 8.09. The Hall–Kier alpha value is -1.76. The Morgan fingerprint density at radius 3 is 2.24 bits per heavy atom. The van der Waals surface area contributed by atoms with E-state index in [4.69, 9.17) is 0 Å². The zero-order valence-electron chi connectivity index (χ0n) is 10.9. The van der Waals surface area contributed by atoms with Crippen LogP contribution in [0.1, 0.15) is 13.8 Å². The quantitative estimate of drug-likeness (QED) is 0.447. The van der Waals surface area contributed by atoms with Crippen LogP contribution < -0.4 is 0 Å². The smallest absolute Gasteiger partial charge is 0.0996 e. The van der Waals surface area contributed by atoms with E-state index in [0.717, 1.165) is 7.28 Å². The molecule has 0 fully saturated rings. The fourth-order valence-corrected chi connectivity index (χ4v) is 1.24. The molecule has 17 heavy (non-hydrogen) atoms. The first-order chi connectivity index (χ1) is 8.28. The van der Waals surface area contributed by atoms with Crippen LogP contribution >= 0.6 is 0 Å². The maximum atomic E-state index is 3.83. The van der Waals surface area contributed by atoms with E-state index >= 15 is 0 Å². The molecule has 0 rings (SSSR count). The van der Waals surface area contributed by atoms with Gasteiger partial charge in [0.1, 0.15) is 0 Å². The lowest BCUT2D eigenvalue weighted by Gasteiger charge is -1.99. The first-order valence-corrected chi connectivity index (χ1v) is 5.83. The van der Waals surface area contributed by atoms with Gasteiger partial charge >= 0.3 is 0 Å². The number of allylic oxidation sites excluding steroid dienone is 12. The van der Waals surface area contributed by atoms with Crippen molar-refractivity contribution in [2.45, 2.75) is 13.8 Å². The Kier molecular flexibility index (Phi) is 9.64. The standard InChI is InChI=1S/C16H21B/c1-5-9-11-13-15(7-3)17-16(8-4)14-12-10-6-2/h5-14,17H,1,3H2,2,4H3/b10-6-,11-9-,14-12-,15-13+,16-8+. The van der Waals surface area contributed by atoms with E-state index in [1.807, 2.05) is 37.3 Å². The molecule has 0 atom stereocenters. The molecule has 0 aliphatic heterocycles. The first kappa shape index (κ1) is 15.2. The molecule has 0 unspecified atom stereocenters. The van der Waals surface area contributed by atoms with Crippen molar-refractivity contribution in [3.63, 3.8) is 0 Å². The summed E-state index contributed by atoms with van der Waals surface area (Å²) in [5.74, 6) is 0. The molecule has 0 radical (unpaired) electrons. The van der Waals surface area contributed by atoms with E-state index in [1.165, 1.54) is 10.9 Å². The van der Waals surface area contributed by atoms with Crippen molar-refractivity contribution in [1.82, 2.24) is 0 Å². The summed E-state index contributed by atoms with van der Waals surface area (Å²) in [7, 11) is 0.898. The molecule has 0 aromatic rings. The lowest BCUT2D eigenvalue weighted by molar-refractivity contribution is 1.66. The average molecular weight is 224 g/mol. The van der Waals surface area contributed by atoms with Crippen molar-refractivity contribution in [1.29, 1.82) is 0 Å². The van der Waals surface area contributed by atoms with Gasteiger partial charge in [0, 0.05) is 0 Å². The van der Waals surface area contributed by atoms with Gasteiger partial charge in [0.2, 0.25) is 0 Å². The molecular formula is C16H21B. The van der Waals surface area contributed by atoms with Crippen molar-refractivity contribution in [3.8, 4) is 0 Å². The van der Waals surface area contributed by atoms with Crippen LogP contribution in [0, 0.1) is 0 Å². The van der Waals surface area contributed by atoms with Gasteiger partial charge in [-0.1, -0.05) is 84.9 Å². The monoisotopic (exact) mass is 224 g/mol. The Balaban J connectivity index is 4.64. The Morgan fingerprint density at radius 2 is 1.71 bits per heavy atom. The maximum absolute atomic E-state index is 3.83. The van der Waals surface area contributed by atoms with E-state index in [1.54, 1.807) is 6.08 Å². The van der Waals surface area contributed by atoms with Crippen molar-refractivity contribution in [2.24, 2.45) is 0 Å². The highest BCUT2D eigenvalue weighted by Crippen LogP contribution is 2.04. The molecule has 88 valence electrons. The summed E-state index contributed by atoms with van der Waals surface area (Å²) >= 11 is 0. The zero-order valence-corrected chi connectivity index (χ0v) is 10.9. The predicted octanol–water partition coefficient (Wildman–Crippen LogP) is 4.27. The highest BCUT2D eigenvalue weighted by molar-refractivity contribution is 6.55. The minimum atomic E-state index is 0.898. The summed E-state index contributed by atoms with van der Waals surface area (Å²) in [6.07, 6.45) is 19.9. The summed E-state index contributed by atoms with van der Waals surface area (Å²) in [5, 5.41) is 0. The van der Waals surface area contributed by atoms with E-state index in [0.29, 0.717) is 0 Å². The Morgan fingerprint density at radius 1 is 0.941 bits per heavy atom. The average Bonchev–Trinajstić information content (AvgIpc) is 2.36. The molecular weight excluding hydrogens is 203 g/mol. The summed E-state index contributed by atoms with van der Waals surface area (Å²) in [5.41, 5.74) is 2.47. The van der Waals surface area contributed by atoms with Crippen LogP contribution in [-0.2, 0) is 0 Å². The fraction of sp³-hybridized carbons (Fsp3) is 0.125. The summed E-state index contributed by atoms with van der Waals surface area (Å²) in [4.78, 5) is 0. The molecule has 0 aliphatic rings. The Bertz CT molecular complexity index is 376. The third-order valence-corrected chi connectivity index (χ3v) is 2.21. The Labute approximate surface area is 106 Å². The molecule has 0 aliphatic carbocycles. The number of rotatable bonds is 7. The molecule has 1 heteroatoms. The van der Waals surface area contributed by atoms with Crippen LogP contribution in [0.25, 0.3) is 0 Å². The molecule has 0 aromatic heterocycles. The van der Waals surface area contributed by atoms with Crippen LogP contribution in [-0.4, -0.2) is 7.28 Å². The van der Waals surface area contributed by atoms with Crippen LogP contribution in [0.3, 0.4) is 0 Å². The summed E-state index contributed by atoms with van der Waals surface area (Å²) in [6, 6.07) is 0. The van der Waals surface area contributed by atoms with Crippen LogP contribution in [0.4, 0.5) is 0 Å². The molecule has 0 saturated heterocycles. The van der Waals surface area contributed by atoms with Gasteiger partial charge in [0.25, 0.3) is 0 Å². The SMILES string of the molecule is C=C/C=C\C=C(\BC(/C=C\C=C/C)=C/C)C=C. The number of hydrogen-bond donors (Lipinski definition) is 0. The van der Waals surface area contributed by atoms with E-state index < -0.39 is 0 Å². The minimum Gasteiger partial charge on any atom is -0.0996 e. The van der Waals surface area contributed by atoms with E-state index in [9.17, 15) is 0 Å². The van der Waals surface area contributed by atoms with Crippen LogP contribution in [0.2, 0.25) is 0 Å². The summed E-state index contributed by atoms with van der Waals surface area (Å²) < 4.78 is 0. The van der Waals surface area contributed by atoms with E-state index in [2.05, 4.69) is 44.4 Å². The summed E-state index contributed by atoms with van der Waals surface area (Å²) in [6.45, 7) is 11.5. The van der Waals surface area contributed by atoms with Gasteiger partial charge in [-0.2, -0.15) is 0 Å². The molecule has 0 spiro atoms. The van der Waals surface area contributed by atoms with Crippen molar-refractivity contribution in [3.05, 3.63) is 84.9 Å². The third-order valence-electron chi connectivity index (χ3n) is 2.21. The van der Waals surface area contributed by atoms with Gasteiger partial charge in [0.15, 0.2) is 7.28 Å². The minimum absolute atomic E-state index is 0.898. The van der Waals surface area contributed by atoms with Gasteiger partial charge in [-0.25, -0.2) is 0 Å². The predicted molar refractivity (Wildman–Crippen MR) is 82.5 cm³/mol. The highest BCUT2D eigenvalue weighted by Gasteiger charge is 1.97. The second-order valence-corrected chi connectivity index (χ2v) is 3.49. The van der Waals surface area contributed by atoms with Crippen molar-refractivity contribution >= 4 is 7.28 Å². The van der Waals surface area contributed by atoms with Crippen molar-refractivity contribution < 1.29 is 0 Å². The largest absolute Gasteiger partial charge is 0.191 e. The molecule has 0 N–H and O–H groups in total. The van der Waals surface area contributed by atoms with Gasteiger partial charge in [-0.05, 0) is 13.8 Å². The molecule has 0 saturated carbocycles. The maximum Gasteiger partial charge on any atom is 0.191 e. The number of hydrogen-bond acceptors (Lipinski definition) is 0. The molecule has 0 bridgehead atoms. The van der Waals surface area contributed by atoms with E-state index in [-0.39, 0.29) is 0 Å². The molecule has 0 heterocycles. The normalized spacial score (nSPS) is 13.8. The van der Waals surface area contributed by atoms with Gasteiger partial charge in [0.05, 0.1) is 0 Å². The van der Waals surface area contributed by atoms with Gasteiger partial charge in [-0.3, -0.25) is 0 Å². The van der Waals surface area contributed by atoms with Crippen LogP contribution in [0.5, 0.6) is 0 Å². The fourth-order valence-electron chi connectivity index (χ4n) is 1.24. The van der Waals surface area contributed by atoms with Crippen LogP contribution in [0.15, 0.2) is 84.9 Å². The topological polar surface area (TPSA) is 0 Å². The highest BCUT2D eigenvalue weighted by atomic mass is 13.8. The molecule has 0 aromatic carbocycles. The molecule has 0 amide bonds. The lowest BCUT2D eigenvalue weighted by atomic mass is 9.62. The first-order valence-electron chi connectivity index (χ1n) is 5.83. The second-order valence-electron chi connectivity index (χ2n) is 3.49. The zero-order chi connectivity index (χ0) is 12.9.